The standard InChI is InChI=1S/C83H55N3O3/c1-83(2,3)55-43-66-62-33-34-71(85-39-37-58-54(47-85)27-26-51-40-50(28-30-57(51)58)48-16-6-4-7-17-48)82-80(62)78-67(45-56(46-75(78)89-82)86-69-23-13-10-21-63(69)76(49-18-8-5-9-19-49)64-22-11-14-24-70(64)86)61-32-31-59(81-79(61)77(66)74(44-55)88-81)52-36-38-84-68(42-52)53-29-35-73-65(41-53)60-20-12-15-25-72(60)87-73/h4-38,40-47,69H,39H2,1-3H3. The van der Waals surface area contributed by atoms with Crippen LogP contribution in [0.4, 0.5) is 17.1 Å². The van der Waals surface area contributed by atoms with E-state index < -0.39 is 0 Å². The van der Waals surface area contributed by atoms with Gasteiger partial charge in [0.05, 0.1) is 17.4 Å². The van der Waals surface area contributed by atoms with Gasteiger partial charge in [0, 0.05) is 85.4 Å². The highest BCUT2D eigenvalue weighted by molar-refractivity contribution is 6.38. The number of allylic oxidation sites excluding steroid dienone is 2. The molecule has 0 saturated carbocycles. The summed E-state index contributed by atoms with van der Waals surface area (Å²) in [5, 5.41) is 15.8. The summed E-state index contributed by atoms with van der Waals surface area (Å²) in [5.41, 5.74) is 20.5. The highest BCUT2D eigenvalue weighted by atomic mass is 16.3. The molecule has 6 heteroatoms. The van der Waals surface area contributed by atoms with E-state index in [1.165, 1.54) is 60.2 Å². The van der Waals surface area contributed by atoms with Gasteiger partial charge in [-0.2, -0.15) is 0 Å². The van der Waals surface area contributed by atoms with E-state index in [0.29, 0.717) is 6.54 Å². The number of nitrogens with zero attached hydrogens (tertiary/aromatic N) is 3. The van der Waals surface area contributed by atoms with E-state index in [0.717, 1.165) is 127 Å². The third-order valence-electron chi connectivity index (χ3n) is 19.2. The monoisotopic (exact) mass is 1140 g/mol. The fourth-order valence-electron chi connectivity index (χ4n) is 15.0. The maximum absolute atomic E-state index is 7.68. The normalized spacial score (nSPS) is 15.0. The molecular formula is C83H55N3O3. The summed E-state index contributed by atoms with van der Waals surface area (Å²) in [4.78, 5) is 9.91. The predicted octanol–water partition coefficient (Wildman–Crippen LogP) is 20.5. The number of aromatic nitrogens is 1. The lowest BCUT2D eigenvalue weighted by molar-refractivity contribution is 0.588. The molecule has 2 aliphatic heterocycles. The van der Waals surface area contributed by atoms with Crippen LogP contribution in [0.5, 0.6) is 0 Å². The van der Waals surface area contributed by atoms with Gasteiger partial charge in [-0.25, -0.2) is 0 Å². The van der Waals surface area contributed by atoms with Crippen LogP contribution in [0.15, 0.2) is 268 Å². The van der Waals surface area contributed by atoms with Crippen LogP contribution in [-0.4, -0.2) is 17.6 Å². The van der Waals surface area contributed by atoms with E-state index in [4.69, 9.17) is 18.2 Å². The van der Waals surface area contributed by atoms with Crippen LogP contribution in [0.1, 0.15) is 37.5 Å². The van der Waals surface area contributed by atoms with Gasteiger partial charge in [-0.3, -0.25) is 4.98 Å². The molecule has 12 aromatic carbocycles. The van der Waals surface area contributed by atoms with Crippen LogP contribution in [0, 0.1) is 0 Å². The van der Waals surface area contributed by atoms with Crippen LogP contribution in [0.3, 0.4) is 0 Å². The summed E-state index contributed by atoms with van der Waals surface area (Å²) >= 11 is 0. The molecule has 1 atom stereocenters. The number of furan rings is 3. The van der Waals surface area contributed by atoms with Gasteiger partial charge in [0.1, 0.15) is 27.9 Å². The van der Waals surface area contributed by atoms with E-state index in [1.807, 2.05) is 18.3 Å². The van der Waals surface area contributed by atoms with Crippen molar-refractivity contribution in [3.8, 4) is 33.5 Å². The smallest absolute Gasteiger partial charge is 0.159 e. The number of anilines is 3. The third kappa shape index (κ3) is 7.47. The Balaban J connectivity index is 0.877. The highest BCUT2D eigenvalue weighted by Crippen LogP contribution is 2.53. The molecule has 6 nitrogen and oxygen atoms in total. The molecular weight excluding hydrogens is 1090 g/mol. The van der Waals surface area contributed by atoms with Crippen molar-refractivity contribution in [3.05, 3.63) is 282 Å². The zero-order chi connectivity index (χ0) is 58.8. The first kappa shape index (κ1) is 50.0. The first-order valence-electron chi connectivity index (χ1n) is 30.8. The number of benzene rings is 11. The third-order valence-corrected chi connectivity index (χ3v) is 19.2. The van der Waals surface area contributed by atoms with Crippen molar-refractivity contribution in [2.75, 3.05) is 16.3 Å². The molecule has 89 heavy (non-hydrogen) atoms. The Hall–Kier alpha value is -11.2. The van der Waals surface area contributed by atoms with Crippen molar-refractivity contribution in [1.29, 1.82) is 0 Å². The highest BCUT2D eigenvalue weighted by Gasteiger charge is 2.35. The fraction of sp³-hybridized carbons (Fsp3) is 0.0723. The Morgan fingerprint density at radius 2 is 1.19 bits per heavy atom. The number of pyridine rings is 1. The van der Waals surface area contributed by atoms with Crippen LogP contribution in [0.25, 0.3) is 149 Å². The quantitative estimate of drug-likeness (QED) is 0.165. The molecule has 1 unspecified atom stereocenters. The Kier molecular flexibility index (Phi) is 10.5. The van der Waals surface area contributed by atoms with Gasteiger partial charge in [0.15, 0.2) is 5.58 Å². The first-order chi connectivity index (χ1) is 43.7. The second kappa shape index (κ2) is 18.6. The molecule has 1 aliphatic carbocycles. The van der Waals surface area contributed by atoms with E-state index in [2.05, 4.69) is 273 Å². The zero-order valence-corrected chi connectivity index (χ0v) is 49.2. The van der Waals surface area contributed by atoms with Crippen molar-refractivity contribution in [2.45, 2.75) is 32.2 Å². The van der Waals surface area contributed by atoms with Crippen LogP contribution >= 0.6 is 0 Å². The maximum atomic E-state index is 7.68. The Morgan fingerprint density at radius 3 is 2.06 bits per heavy atom. The molecule has 0 N–H and O–H groups in total. The molecule has 4 aromatic heterocycles. The topological polar surface area (TPSA) is 58.8 Å². The summed E-state index contributed by atoms with van der Waals surface area (Å²) in [5.74, 6) is 0. The second-order valence-corrected chi connectivity index (χ2v) is 25.3. The molecule has 0 saturated heterocycles. The number of fused-ring (bicyclic) bond motifs is 10. The van der Waals surface area contributed by atoms with Gasteiger partial charge in [0.25, 0.3) is 0 Å². The van der Waals surface area contributed by atoms with Crippen molar-refractivity contribution in [2.24, 2.45) is 0 Å². The predicted molar refractivity (Wildman–Crippen MR) is 370 cm³/mol. The van der Waals surface area contributed by atoms with Gasteiger partial charge in [-0.1, -0.05) is 185 Å². The summed E-state index contributed by atoms with van der Waals surface area (Å²) in [7, 11) is 0. The SMILES string of the molecule is CC(C)(C)c1cc2oc3c(-c4ccnc(-c5ccc6oc7ccccc7c6c5)c4)ccc4c5cc(N6c7ccccc7C(c7ccccc7)=C7C=CC=CC76)cc6oc7c(N8C=c9ccc%10cc(-c%11ccccc%11)ccc%10c9=CC8)ccc(c(c1)c2c34)c7c65. The maximum Gasteiger partial charge on any atom is 0.159 e. The van der Waals surface area contributed by atoms with Crippen molar-refractivity contribution in [1.82, 2.24) is 4.98 Å². The van der Waals surface area contributed by atoms with E-state index in [1.54, 1.807) is 0 Å². The van der Waals surface area contributed by atoms with Gasteiger partial charge in [0.2, 0.25) is 0 Å². The van der Waals surface area contributed by atoms with Crippen molar-refractivity contribution < 1.29 is 13.3 Å². The van der Waals surface area contributed by atoms with Crippen LogP contribution < -0.4 is 20.2 Å². The molecule has 3 aliphatic rings. The zero-order valence-electron chi connectivity index (χ0n) is 49.2. The average Bonchev–Trinajstić information content (AvgIpc) is 1.60. The molecule has 0 radical (unpaired) electrons. The summed E-state index contributed by atoms with van der Waals surface area (Å²) < 4.78 is 21.5. The van der Waals surface area contributed by atoms with Crippen molar-refractivity contribution in [3.63, 3.8) is 0 Å². The molecule has 0 amide bonds. The lowest BCUT2D eigenvalue weighted by Crippen LogP contribution is -2.35. The lowest BCUT2D eigenvalue weighted by atomic mass is 9.82. The van der Waals surface area contributed by atoms with Crippen molar-refractivity contribution >= 4 is 133 Å². The Labute approximate surface area is 512 Å². The Bertz CT molecular complexity index is 5950. The van der Waals surface area contributed by atoms with Gasteiger partial charge >= 0.3 is 0 Å². The van der Waals surface area contributed by atoms with Gasteiger partial charge in [-0.05, 0) is 166 Å². The largest absolute Gasteiger partial charge is 0.456 e. The van der Waals surface area contributed by atoms with E-state index >= 15 is 0 Å². The molecule has 0 spiro atoms. The average molecular weight is 1140 g/mol. The summed E-state index contributed by atoms with van der Waals surface area (Å²) in [6, 6.07) is 79.4. The minimum Gasteiger partial charge on any atom is -0.456 e. The summed E-state index contributed by atoms with van der Waals surface area (Å²) in [6.07, 6.45) is 15.7. The van der Waals surface area contributed by atoms with E-state index in [-0.39, 0.29) is 11.5 Å². The molecule has 16 aromatic rings. The Morgan fingerprint density at radius 1 is 0.461 bits per heavy atom. The van der Waals surface area contributed by atoms with Gasteiger partial charge in [-0.15, -0.1) is 0 Å². The first-order valence-corrected chi connectivity index (χ1v) is 30.8. The van der Waals surface area contributed by atoms with Crippen LogP contribution in [0.2, 0.25) is 0 Å². The molecule has 6 heterocycles. The van der Waals surface area contributed by atoms with Gasteiger partial charge < -0.3 is 23.1 Å². The molecule has 0 bridgehead atoms. The fourth-order valence-corrected chi connectivity index (χ4v) is 15.0. The number of rotatable bonds is 6. The number of hydrogen-bond acceptors (Lipinski definition) is 6. The minimum absolute atomic E-state index is 0.105. The second-order valence-electron chi connectivity index (χ2n) is 25.3. The number of para-hydroxylation sites is 2. The summed E-state index contributed by atoms with van der Waals surface area (Å²) in [6.45, 7) is 7.55. The lowest BCUT2D eigenvalue weighted by Gasteiger charge is -2.40. The minimum atomic E-state index is -0.197. The molecule has 420 valence electrons. The number of hydrogen-bond donors (Lipinski definition) is 0. The molecule has 0 fully saturated rings. The van der Waals surface area contributed by atoms with Crippen LogP contribution in [-0.2, 0) is 5.41 Å². The van der Waals surface area contributed by atoms with E-state index in [9.17, 15) is 0 Å². The molecule has 19 rings (SSSR count).